The van der Waals surface area contributed by atoms with E-state index >= 15 is 0 Å². The number of rotatable bonds is 3. The normalized spacial score (nSPS) is 15.8. The van der Waals surface area contributed by atoms with Crippen molar-refractivity contribution < 1.29 is 4.42 Å². The lowest BCUT2D eigenvalue weighted by molar-refractivity contribution is 0.296. The highest BCUT2D eigenvalue weighted by Gasteiger charge is 2.15. The van der Waals surface area contributed by atoms with E-state index in [1.807, 2.05) is 25.1 Å². The number of hydrogen-bond donors (Lipinski definition) is 1. The van der Waals surface area contributed by atoms with E-state index < -0.39 is 0 Å². The number of benzene rings is 1. The van der Waals surface area contributed by atoms with Crippen molar-refractivity contribution in [3.8, 4) is 0 Å². The lowest BCUT2D eigenvalue weighted by atomic mass is 10.1. The summed E-state index contributed by atoms with van der Waals surface area (Å²) in [6.45, 7) is 4.82. The average molecular weight is 257 g/mol. The van der Waals surface area contributed by atoms with E-state index in [4.69, 9.17) is 10.2 Å². The zero-order chi connectivity index (χ0) is 13.2. The summed E-state index contributed by atoms with van der Waals surface area (Å²) in [6, 6.07) is 8.14. The number of likely N-dealkylation sites (tertiary alicyclic amines) is 1. The van der Waals surface area contributed by atoms with Gasteiger partial charge >= 0.3 is 0 Å². The molecule has 1 aromatic carbocycles. The highest BCUT2D eigenvalue weighted by Crippen LogP contribution is 2.25. The fourth-order valence-electron chi connectivity index (χ4n) is 2.46. The van der Waals surface area contributed by atoms with Crippen LogP contribution < -0.4 is 5.73 Å². The molecule has 1 aliphatic heterocycles. The Hall–Kier alpha value is -1.97. The molecule has 0 saturated carbocycles. The lowest BCUT2D eigenvalue weighted by Gasteiger charge is -2.31. The van der Waals surface area contributed by atoms with Gasteiger partial charge < -0.3 is 15.1 Å². The molecule has 4 nitrogen and oxygen atoms in total. The molecule has 2 heterocycles. The molecular weight excluding hydrogens is 238 g/mol. The minimum absolute atomic E-state index is 0.678. The first-order valence-electron chi connectivity index (χ1n) is 6.77. The van der Waals surface area contributed by atoms with Crippen LogP contribution >= 0.6 is 0 Å². The zero-order valence-corrected chi connectivity index (χ0v) is 11.2. The fourth-order valence-corrected chi connectivity index (χ4v) is 2.46. The van der Waals surface area contributed by atoms with Gasteiger partial charge in [0.05, 0.1) is 0 Å². The number of furan rings is 1. The molecule has 1 aliphatic rings. The molecule has 2 aromatic rings. The maximum absolute atomic E-state index is 5.92. The van der Waals surface area contributed by atoms with Gasteiger partial charge in [0, 0.05) is 30.6 Å². The first-order chi connectivity index (χ1) is 9.25. The van der Waals surface area contributed by atoms with Crippen LogP contribution in [-0.2, 0) is 6.42 Å². The van der Waals surface area contributed by atoms with Crippen LogP contribution in [0.3, 0.4) is 0 Å². The first kappa shape index (κ1) is 12.1. The van der Waals surface area contributed by atoms with Crippen LogP contribution in [0.25, 0.3) is 11.0 Å². The van der Waals surface area contributed by atoms with Gasteiger partial charge in [0.25, 0.3) is 0 Å². The monoisotopic (exact) mass is 257 g/mol. The van der Waals surface area contributed by atoms with Gasteiger partial charge in [-0.2, -0.15) is 0 Å². The Labute approximate surface area is 112 Å². The number of guanidine groups is 1. The second-order valence-electron chi connectivity index (χ2n) is 4.96. The maximum Gasteiger partial charge on any atom is 0.191 e. The van der Waals surface area contributed by atoms with Crippen molar-refractivity contribution in [2.24, 2.45) is 10.7 Å². The number of nitrogens with two attached hydrogens (primary N) is 1. The molecule has 2 N–H and O–H groups in total. The Kier molecular flexibility index (Phi) is 3.15. The number of para-hydroxylation sites is 1. The third-order valence-corrected chi connectivity index (χ3v) is 3.72. The Morgan fingerprint density at radius 1 is 1.37 bits per heavy atom. The number of aliphatic imine (C=N–C) groups is 1. The second kappa shape index (κ2) is 4.96. The molecule has 100 valence electrons. The number of fused-ring (bicyclic) bond motifs is 1. The van der Waals surface area contributed by atoms with Crippen LogP contribution in [0.15, 0.2) is 33.7 Å². The highest BCUT2D eigenvalue weighted by molar-refractivity contribution is 5.82. The summed E-state index contributed by atoms with van der Waals surface area (Å²) in [7, 11) is 0. The molecule has 19 heavy (non-hydrogen) atoms. The van der Waals surface area contributed by atoms with Crippen LogP contribution in [0.5, 0.6) is 0 Å². The molecule has 1 fully saturated rings. The largest absolute Gasteiger partial charge is 0.461 e. The molecule has 0 amide bonds. The summed E-state index contributed by atoms with van der Waals surface area (Å²) < 4.78 is 5.75. The maximum atomic E-state index is 5.92. The third-order valence-electron chi connectivity index (χ3n) is 3.72. The van der Waals surface area contributed by atoms with Crippen LogP contribution in [-0.4, -0.2) is 30.5 Å². The predicted octanol–water partition coefficient (Wildman–Crippen LogP) is 2.30. The molecule has 1 aromatic heterocycles. The van der Waals surface area contributed by atoms with Crippen molar-refractivity contribution >= 4 is 16.9 Å². The van der Waals surface area contributed by atoms with Gasteiger partial charge in [-0.1, -0.05) is 18.2 Å². The van der Waals surface area contributed by atoms with Crippen molar-refractivity contribution in [1.82, 2.24) is 4.90 Å². The standard InChI is InChI=1S/C15H19N3O/c1-11-12(13-5-2-3-6-14(13)19-11)7-8-17-15(16)18-9-4-10-18/h2-3,5-6H,4,7-10H2,1H3,(H2,16,17). The average Bonchev–Trinajstić information content (AvgIpc) is 2.64. The Bertz CT molecular complexity index is 611. The van der Waals surface area contributed by atoms with Gasteiger partial charge in [-0.05, 0) is 25.8 Å². The van der Waals surface area contributed by atoms with Crippen molar-refractivity contribution in [2.45, 2.75) is 19.8 Å². The van der Waals surface area contributed by atoms with Gasteiger partial charge in [-0.3, -0.25) is 4.99 Å². The van der Waals surface area contributed by atoms with Crippen molar-refractivity contribution in [2.75, 3.05) is 19.6 Å². The SMILES string of the molecule is Cc1oc2ccccc2c1CCN=C(N)N1CCC1. The quantitative estimate of drug-likeness (QED) is 0.678. The predicted molar refractivity (Wildman–Crippen MR) is 77.3 cm³/mol. The van der Waals surface area contributed by atoms with Gasteiger partial charge in [0.15, 0.2) is 5.96 Å². The molecule has 0 bridgehead atoms. The first-order valence-corrected chi connectivity index (χ1v) is 6.77. The van der Waals surface area contributed by atoms with Crippen LogP contribution in [0, 0.1) is 6.92 Å². The van der Waals surface area contributed by atoms with Gasteiger partial charge in [0.2, 0.25) is 0 Å². The zero-order valence-electron chi connectivity index (χ0n) is 11.2. The van der Waals surface area contributed by atoms with E-state index in [9.17, 15) is 0 Å². The molecule has 0 atom stereocenters. The van der Waals surface area contributed by atoms with E-state index in [0.717, 1.165) is 30.9 Å². The van der Waals surface area contributed by atoms with E-state index in [-0.39, 0.29) is 0 Å². The third kappa shape index (κ3) is 2.30. The minimum atomic E-state index is 0.678. The molecule has 0 aliphatic carbocycles. The van der Waals surface area contributed by atoms with Gasteiger partial charge in [0.1, 0.15) is 11.3 Å². The molecule has 0 radical (unpaired) electrons. The Balaban J connectivity index is 1.73. The van der Waals surface area contributed by atoms with Crippen LogP contribution in [0.1, 0.15) is 17.7 Å². The topological polar surface area (TPSA) is 54.8 Å². The lowest BCUT2D eigenvalue weighted by Crippen LogP contribution is -2.46. The highest BCUT2D eigenvalue weighted by atomic mass is 16.3. The molecule has 0 unspecified atom stereocenters. The van der Waals surface area contributed by atoms with E-state index in [1.54, 1.807) is 0 Å². The van der Waals surface area contributed by atoms with E-state index in [1.165, 1.54) is 17.4 Å². The second-order valence-corrected chi connectivity index (χ2v) is 4.96. The molecular formula is C15H19N3O. The number of nitrogens with zero attached hydrogens (tertiary/aromatic N) is 2. The Morgan fingerprint density at radius 3 is 2.89 bits per heavy atom. The Morgan fingerprint density at radius 2 is 2.16 bits per heavy atom. The smallest absolute Gasteiger partial charge is 0.191 e. The summed E-state index contributed by atoms with van der Waals surface area (Å²) in [5, 5.41) is 1.19. The number of hydrogen-bond acceptors (Lipinski definition) is 2. The number of aryl methyl sites for hydroxylation is 1. The van der Waals surface area contributed by atoms with Crippen molar-refractivity contribution in [3.05, 3.63) is 35.6 Å². The van der Waals surface area contributed by atoms with Crippen molar-refractivity contribution in [3.63, 3.8) is 0 Å². The van der Waals surface area contributed by atoms with E-state index in [0.29, 0.717) is 12.5 Å². The minimum Gasteiger partial charge on any atom is -0.461 e. The molecule has 4 heteroatoms. The molecule has 0 spiro atoms. The van der Waals surface area contributed by atoms with E-state index in [2.05, 4.69) is 16.0 Å². The molecule has 3 rings (SSSR count). The summed E-state index contributed by atoms with van der Waals surface area (Å²) in [4.78, 5) is 6.56. The fraction of sp³-hybridized carbons (Fsp3) is 0.400. The summed E-state index contributed by atoms with van der Waals surface area (Å²) in [5.41, 5.74) is 8.12. The van der Waals surface area contributed by atoms with Crippen LogP contribution in [0.2, 0.25) is 0 Å². The summed E-state index contributed by atoms with van der Waals surface area (Å²) in [6.07, 6.45) is 2.10. The van der Waals surface area contributed by atoms with Gasteiger partial charge in [-0.15, -0.1) is 0 Å². The molecule has 1 saturated heterocycles. The summed E-state index contributed by atoms with van der Waals surface area (Å²) in [5.74, 6) is 1.66. The van der Waals surface area contributed by atoms with Crippen LogP contribution in [0.4, 0.5) is 0 Å². The van der Waals surface area contributed by atoms with Gasteiger partial charge in [-0.25, -0.2) is 0 Å². The summed E-state index contributed by atoms with van der Waals surface area (Å²) >= 11 is 0. The van der Waals surface area contributed by atoms with Crippen molar-refractivity contribution in [1.29, 1.82) is 0 Å².